The molecule has 0 aliphatic heterocycles. The normalized spacial score (nSPS) is 10.8. The van der Waals surface area contributed by atoms with Gasteiger partial charge in [-0.25, -0.2) is 14.4 Å². The average Bonchev–Trinajstić information content (AvgIpc) is 2.73. The maximum absolute atomic E-state index is 13.1. The van der Waals surface area contributed by atoms with E-state index in [2.05, 4.69) is 9.97 Å². The van der Waals surface area contributed by atoms with Crippen LogP contribution in [0.3, 0.4) is 0 Å². The number of aromatic nitrogens is 3. The predicted octanol–water partition coefficient (Wildman–Crippen LogP) is 2.56. The molecule has 0 saturated carbocycles. The molecule has 0 fully saturated rings. The average molecular weight is 213 g/mol. The van der Waals surface area contributed by atoms with Gasteiger partial charge in [0.05, 0.1) is 11.0 Å². The minimum absolute atomic E-state index is 0.273. The number of imidazole rings is 1. The third-order valence-electron chi connectivity index (χ3n) is 2.41. The number of rotatable bonds is 1. The Morgan fingerprint density at radius 3 is 2.81 bits per heavy atom. The lowest BCUT2D eigenvalue weighted by atomic mass is 10.3. The monoisotopic (exact) mass is 213 g/mol. The van der Waals surface area contributed by atoms with Crippen LogP contribution in [0.4, 0.5) is 4.39 Å². The second-order valence-electron chi connectivity index (χ2n) is 3.44. The fourth-order valence-electron chi connectivity index (χ4n) is 1.66. The van der Waals surface area contributed by atoms with Crippen molar-refractivity contribution >= 4 is 11.0 Å². The van der Waals surface area contributed by atoms with E-state index in [0.717, 1.165) is 16.9 Å². The summed E-state index contributed by atoms with van der Waals surface area (Å²) >= 11 is 0. The van der Waals surface area contributed by atoms with E-state index in [1.165, 1.54) is 12.1 Å². The third kappa shape index (κ3) is 1.35. The summed E-state index contributed by atoms with van der Waals surface area (Å²) in [6.45, 7) is 0. The van der Waals surface area contributed by atoms with Gasteiger partial charge in [-0.2, -0.15) is 0 Å². The van der Waals surface area contributed by atoms with Crippen molar-refractivity contribution < 1.29 is 4.39 Å². The van der Waals surface area contributed by atoms with E-state index in [-0.39, 0.29) is 5.82 Å². The minimum atomic E-state index is -0.273. The first-order valence-electron chi connectivity index (χ1n) is 4.88. The van der Waals surface area contributed by atoms with Gasteiger partial charge in [-0.15, -0.1) is 0 Å². The van der Waals surface area contributed by atoms with Gasteiger partial charge in [0.25, 0.3) is 0 Å². The molecule has 16 heavy (non-hydrogen) atoms. The van der Waals surface area contributed by atoms with Crippen molar-refractivity contribution in [1.82, 2.24) is 14.5 Å². The van der Waals surface area contributed by atoms with Crippen LogP contribution in [-0.2, 0) is 0 Å². The molecule has 0 bridgehead atoms. The molecule has 0 atom stereocenters. The molecule has 3 rings (SSSR count). The summed E-state index contributed by atoms with van der Waals surface area (Å²) in [4.78, 5) is 8.39. The van der Waals surface area contributed by atoms with Gasteiger partial charge in [-0.1, -0.05) is 6.07 Å². The highest BCUT2D eigenvalue weighted by atomic mass is 19.1. The maximum atomic E-state index is 13.1. The number of hydrogen-bond donors (Lipinski definition) is 0. The van der Waals surface area contributed by atoms with Gasteiger partial charge in [-0.05, 0) is 24.3 Å². The van der Waals surface area contributed by atoms with E-state index in [1.54, 1.807) is 23.2 Å². The molecule has 78 valence electrons. The third-order valence-corrected chi connectivity index (χ3v) is 2.41. The number of nitrogens with zero attached hydrogens (tertiary/aromatic N) is 3. The zero-order valence-corrected chi connectivity index (χ0v) is 8.34. The van der Waals surface area contributed by atoms with Crippen molar-refractivity contribution in [2.24, 2.45) is 0 Å². The molecule has 0 aliphatic rings. The van der Waals surface area contributed by atoms with E-state index >= 15 is 0 Å². The van der Waals surface area contributed by atoms with Crippen LogP contribution in [0.2, 0.25) is 0 Å². The smallest absolute Gasteiger partial charge is 0.138 e. The molecular weight excluding hydrogens is 205 g/mol. The molecular formula is C12H8FN3. The Morgan fingerprint density at radius 1 is 1.06 bits per heavy atom. The van der Waals surface area contributed by atoms with Crippen LogP contribution in [0, 0.1) is 5.82 Å². The van der Waals surface area contributed by atoms with Crippen LogP contribution >= 0.6 is 0 Å². The Hall–Kier alpha value is -2.23. The Morgan fingerprint density at radius 2 is 2.00 bits per heavy atom. The van der Waals surface area contributed by atoms with Crippen molar-refractivity contribution in [2.75, 3.05) is 0 Å². The molecule has 0 unspecified atom stereocenters. The van der Waals surface area contributed by atoms with Gasteiger partial charge < -0.3 is 0 Å². The van der Waals surface area contributed by atoms with Crippen LogP contribution in [0.1, 0.15) is 0 Å². The first kappa shape index (κ1) is 9.03. The van der Waals surface area contributed by atoms with Crippen molar-refractivity contribution in [3.8, 4) is 5.82 Å². The zero-order valence-electron chi connectivity index (χ0n) is 8.34. The first-order valence-corrected chi connectivity index (χ1v) is 4.88. The molecule has 3 aromatic rings. The quantitative estimate of drug-likeness (QED) is 0.622. The molecule has 0 aliphatic carbocycles. The van der Waals surface area contributed by atoms with Gasteiger partial charge in [0.2, 0.25) is 0 Å². The summed E-state index contributed by atoms with van der Waals surface area (Å²) in [5, 5.41) is 0. The number of benzene rings is 1. The van der Waals surface area contributed by atoms with Gasteiger partial charge in [-0.3, -0.25) is 4.57 Å². The van der Waals surface area contributed by atoms with Gasteiger partial charge in [0, 0.05) is 12.3 Å². The van der Waals surface area contributed by atoms with E-state index < -0.39 is 0 Å². The van der Waals surface area contributed by atoms with E-state index in [1.807, 2.05) is 18.2 Å². The molecule has 4 heteroatoms. The van der Waals surface area contributed by atoms with Crippen LogP contribution in [-0.4, -0.2) is 14.5 Å². The summed E-state index contributed by atoms with van der Waals surface area (Å²) in [5.41, 5.74) is 1.48. The van der Waals surface area contributed by atoms with E-state index in [4.69, 9.17) is 0 Å². The molecule has 0 N–H and O–H groups in total. The summed E-state index contributed by atoms with van der Waals surface area (Å²) in [7, 11) is 0. The highest BCUT2D eigenvalue weighted by Gasteiger charge is 2.05. The second-order valence-corrected chi connectivity index (χ2v) is 3.44. The first-order chi connectivity index (χ1) is 7.84. The number of pyridine rings is 1. The summed E-state index contributed by atoms with van der Waals surface area (Å²) < 4.78 is 14.9. The largest absolute Gasteiger partial charge is 0.283 e. The van der Waals surface area contributed by atoms with Crippen LogP contribution in [0.5, 0.6) is 0 Å². The molecule has 0 radical (unpaired) electrons. The topological polar surface area (TPSA) is 30.7 Å². The van der Waals surface area contributed by atoms with Crippen LogP contribution in [0.15, 0.2) is 48.9 Å². The molecule has 0 amide bonds. The fourth-order valence-corrected chi connectivity index (χ4v) is 1.66. The van der Waals surface area contributed by atoms with Gasteiger partial charge in [0.15, 0.2) is 0 Å². The lowest BCUT2D eigenvalue weighted by Gasteiger charge is -2.01. The molecule has 0 spiro atoms. The maximum Gasteiger partial charge on any atom is 0.138 e. The highest BCUT2D eigenvalue weighted by Crippen LogP contribution is 2.17. The molecule has 1 aromatic carbocycles. The fraction of sp³-hybridized carbons (Fsp3) is 0. The van der Waals surface area contributed by atoms with Crippen LogP contribution in [0.25, 0.3) is 16.9 Å². The molecule has 3 nitrogen and oxygen atoms in total. The predicted molar refractivity (Wildman–Crippen MR) is 58.8 cm³/mol. The number of fused-ring (bicyclic) bond motifs is 1. The van der Waals surface area contributed by atoms with Gasteiger partial charge >= 0.3 is 0 Å². The standard InChI is InChI=1S/C12H8FN3/c13-9-4-5-10-11(7-9)16(8-15-10)12-3-1-2-6-14-12/h1-8H. The molecule has 2 heterocycles. The lowest BCUT2D eigenvalue weighted by molar-refractivity contribution is 0.629. The Labute approximate surface area is 91.2 Å². The summed E-state index contributed by atoms with van der Waals surface area (Å²) in [6, 6.07) is 10.1. The van der Waals surface area contributed by atoms with E-state index in [9.17, 15) is 4.39 Å². The molecule has 2 aromatic heterocycles. The zero-order chi connectivity index (χ0) is 11.0. The summed E-state index contributed by atoms with van der Waals surface area (Å²) in [6.07, 6.45) is 3.34. The Bertz CT molecular complexity index is 631. The Kier molecular flexibility index (Phi) is 1.93. The van der Waals surface area contributed by atoms with Crippen LogP contribution < -0.4 is 0 Å². The Balaban J connectivity index is 2.29. The van der Waals surface area contributed by atoms with Crippen molar-refractivity contribution in [3.05, 3.63) is 54.7 Å². The second kappa shape index (κ2) is 3.41. The number of halogens is 1. The highest BCUT2D eigenvalue weighted by molar-refractivity contribution is 5.76. The van der Waals surface area contributed by atoms with Crippen molar-refractivity contribution in [3.63, 3.8) is 0 Å². The van der Waals surface area contributed by atoms with Gasteiger partial charge in [0.1, 0.15) is 18.0 Å². The van der Waals surface area contributed by atoms with Crippen molar-refractivity contribution in [2.45, 2.75) is 0 Å². The minimum Gasteiger partial charge on any atom is -0.283 e. The SMILES string of the molecule is Fc1ccc2ncn(-c3ccccn3)c2c1. The summed E-state index contributed by atoms with van der Waals surface area (Å²) in [5.74, 6) is 0.459. The van der Waals surface area contributed by atoms with Crippen molar-refractivity contribution in [1.29, 1.82) is 0 Å². The number of hydrogen-bond acceptors (Lipinski definition) is 2. The lowest BCUT2D eigenvalue weighted by Crippen LogP contribution is -1.94. The van der Waals surface area contributed by atoms with E-state index in [0.29, 0.717) is 0 Å². The molecule has 0 saturated heterocycles.